The number of carbonyl (C=O) groups excluding carboxylic acids is 1. The maximum absolute atomic E-state index is 12.5. The summed E-state index contributed by atoms with van der Waals surface area (Å²) in [5.74, 6) is 3.15. The Morgan fingerprint density at radius 3 is 2.30 bits per heavy atom. The molecule has 0 spiro atoms. The van der Waals surface area contributed by atoms with Crippen molar-refractivity contribution in [2.24, 2.45) is 11.7 Å². The number of hydrogen-bond acceptors (Lipinski definition) is 4. The van der Waals surface area contributed by atoms with Crippen LogP contribution in [-0.4, -0.2) is 65.5 Å². The summed E-state index contributed by atoms with van der Waals surface area (Å²) in [4.78, 5) is 17.2. The molecule has 2 heterocycles. The molecule has 1 amide bonds. The molecule has 0 radical (unpaired) electrons. The molecule has 0 unspecified atom stereocenters. The molecule has 2 atom stereocenters. The first-order valence-corrected chi connectivity index (χ1v) is 9.25. The fourth-order valence-electron chi connectivity index (χ4n) is 3.89. The third kappa shape index (κ3) is 3.31. The van der Waals surface area contributed by atoms with Gasteiger partial charge in [-0.2, -0.15) is 11.8 Å². The highest BCUT2D eigenvalue weighted by molar-refractivity contribution is 7.99. The lowest BCUT2D eigenvalue weighted by molar-refractivity contribution is -0.137. The molecule has 2 saturated heterocycles. The Labute approximate surface area is 126 Å². The predicted octanol–water partition coefficient (Wildman–Crippen LogP) is 1.15. The fraction of sp³-hybridized carbons (Fsp3) is 0.933. The Morgan fingerprint density at radius 1 is 1.00 bits per heavy atom. The van der Waals surface area contributed by atoms with E-state index in [1.807, 2.05) is 0 Å². The third-order valence-corrected chi connectivity index (χ3v) is 6.10. The van der Waals surface area contributed by atoms with Crippen LogP contribution in [0.2, 0.25) is 0 Å². The zero-order valence-corrected chi connectivity index (χ0v) is 13.1. The first kappa shape index (κ1) is 14.7. The van der Waals surface area contributed by atoms with Gasteiger partial charge in [0.05, 0.1) is 0 Å². The third-order valence-electron chi connectivity index (χ3n) is 5.16. The van der Waals surface area contributed by atoms with Crippen LogP contribution in [0.3, 0.4) is 0 Å². The van der Waals surface area contributed by atoms with Crippen molar-refractivity contribution < 1.29 is 4.79 Å². The fourth-order valence-corrected chi connectivity index (χ4v) is 4.82. The molecule has 1 aliphatic carbocycles. The van der Waals surface area contributed by atoms with E-state index in [4.69, 9.17) is 5.73 Å². The highest BCUT2D eigenvalue weighted by Gasteiger charge is 2.33. The van der Waals surface area contributed by atoms with E-state index in [1.165, 1.54) is 24.6 Å². The van der Waals surface area contributed by atoms with E-state index >= 15 is 0 Å². The van der Waals surface area contributed by atoms with E-state index in [0.717, 1.165) is 45.2 Å². The summed E-state index contributed by atoms with van der Waals surface area (Å²) in [5.41, 5.74) is 5.93. The highest BCUT2D eigenvalue weighted by atomic mass is 32.2. The molecular weight excluding hydrogens is 270 g/mol. The monoisotopic (exact) mass is 297 g/mol. The van der Waals surface area contributed by atoms with Crippen molar-refractivity contribution in [2.75, 3.05) is 37.7 Å². The van der Waals surface area contributed by atoms with Crippen molar-refractivity contribution in [3.05, 3.63) is 0 Å². The zero-order chi connectivity index (χ0) is 13.9. The smallest absolute Gasteiger partial charge is 0.225 e. The molecule has 2 aliphatic heterocycles. The highest BCUT2D eigenvalue weighted by Crippen LogP contribution is 2.28. The molecule has 114 valence electrons. The average molecular weight is 297 g/mol. The first-order valence-electron chi connectivity index (χ1n) is 8.10. The molecule has 3 aliphatic rings. The topological polar surface area (TPSA) is 49.6 Å². The number of nitrogens with two attached hydrogens (primary N) is 1. The minimum atomic E-state index is 0.216. The number of likely N-dealkylation sites (tertiary alicyclic amines) is 1. The molecule has 0 aromatic rings. The number of piperidine rings is 1. The van der Waals surface area contributed by atoms with Gasteiger partial charge in [0.2, 0.25) is 5.91 Å². The van der Waals surface area contributed by atoms with Crippen LogP contribution in [-0.2, 0) is 4.79 Å². The predicted molar refractivity (Wildman–Crippen MR) is 83.8 cm³/mol. The summed E-state index contributed by atoms with van der Waals surface area (Å²) in [6.07, 6.45) is 5.26. The van der Waals surface area contributed by atoms with Crippen molar-refractivity contribution in [1.82, 2.24) is 9.80 Å². The average Bonchev–Trinajstić information content (AvgIpc) is 2.94. The van der Waals surface area contributed by atoms with E-state index in [0.29, 0.717) is 11.9 Å². The second-order valence-electron chi connectivity index (χ2n) is 6.47. The van der Waals surface area contributed by atoms with E-state index in [2.05, 4.69) is 21.6 Å². The van der Waals surface area contributed by atoms with Crippen LogP contribution in [0.4, 0.5) is 0 Å². The number of carbonyl (C=O) groups is 1. The van der Waals surface area contributed by atoms with Gasteiger partial charge in [0.15, 0.2) is 0 Å². The molecule has 1 saturated carbocycles. The maximum atomic E-state index is 12.5. The number of nitrogens with zero attached hydrogens (tertiary/aromatic N) is 2. The molecule has 20 heavy (non-hydrogen) atoms. The molecule has 0 bridgehead atoms. The molecule has 3 rings (SSSR count). The number of rotatable bonds is 2. The van der Waals surface area contributed by atoms with Crippen LogP contribution in [0.5, 0.6) is 0 Å². The van der Waals surface area contributed by atoms with E-state index in [1.54, 1.807) is 0 Å². The van der Waals surface area contributed by atoms with Crippen molar-refractivity contribution in [3.8, 4) is 0 Å². The van der Waals surface area contributed by atoms with E-state index in [9.17, 15) is 4.79 Å². The quantitative estimate of drug-likeness (QED) is 0.831. The van der Waals surface area contributed by atoms with Crippen molar-refractivity contribution in [1.29, 1.82) is 0 Å². The number of thioether (sulfide) groups is 1. The van der Waals surface area contributed by atoms with Crippen molar-refractivity contribution in [2.45, 2.75) is 44.2 Å². The summed E-state index contributed by atoms with van der Waals surface area (Å²) in [6, 6.07) is 0.970. The zero-order valence-electron chi connectivity index (χ0n) is 12.3. The number of hydrogen-bond donors (Lipinski definition) is 1. The second-order valence-corrected chi connectivity index (χ2v) is 7.70. The summed E-state index contributed by atoms with van der Waals surface area (Å²) in [6.45, 7) is 4.39. The molecule has 3 fully saturated rings. The number of amides is 1. The SMILES string of the molecule is N[C@@H]1CC[C@H](C(=O)N2CCC(N3CCSCC3)CC2)C1. The van der Waals surface area contributed by atoms with Gasteiger partial charge in [0, 0.05) is 55.7 Å². The van der Waals surface area contributed by atoms with Crippen LogP contribution in [0.1, 0.15) is 32.1 Å². The lowest BCUT2D eigenvalue weighted by Crippen LogP contribution is -2.50. The standard InChI is InChI=1S/C15H27N3OS/c16-13-2-1-12(11-13)15(19)18-5-3-14(4-6-18)17-7-9-20-10-8-17/h12-14H,1-11,16H2/t12-,13+/m0/s1. The Bertz CT molecular complexity index is 338. The van der Waals surface area contributed by atoms with Crippen LogP contribution in [0.25, 0.3) is 0 Å². The minimum absolute atomic E-state index is 0.216. The van der Waals surface area contributed by atoms with Gasteiger partial charge in [-0.05, 0) is 32.1 Å². The minimum Gasteiger partial charge on any atom is -0.342 e. The van der Waals surface area contributed by atoms with Crippen LogP contribution < -0.4 is 5.73 Å². The molecule has 0 aromatic heterocycles. The van der Waals surface area contributed by atoms with Gasteiger partial charge >= 0.3 is 0 Å². The van der Waals surface area contributed by atoms with Gasteiger partial charge in [-0.25, -0.2) is 0 Å². The summed E-state index contributed by atoms with van der Waals surface area (Å²) in [5, 5.41) is 0. The summed E-state index contributed by atoms with van der Waals surface area (Å²) < 4.78 is 0. The van der Waals surface area contributed by atoms with Gasteiger partial charge in [-0.3, -0.25) is 9.69 Å². The van der Waals surface area contributed by atoms with Crippen molar-refractivity contribution in [3.63, 3.8) is 0 Å². The maximum Gasteiger partial charge on any atom is 0.225 e. The summed E-state index contributed by atoms with van der Waals surface area (Å²) in [7, 11) is 0. The van der Waals surface area contributed by atoms with E-state index < -0.39 is 0 Å². The Kier molecular flexibility index (Phi) is 4.89. The van der Waals surface area contributed by atoms with Crippen LogP contribution in [0.15, 0.2) is 0 Å². The van der Waals surface area contributed by atoms with Gasteiger partial charge in [-0.1, -0.05) is 0 Å². The second kappa shape index (κ2) is 6.67. The normalized spacial score (nSPS) is 33.5. The summed E-state index contributed by atoms with van der Waals surface area (Å²) >= 11 is 2.07. The van der Waals surface area contributed by atoms with Gasteiger partial charge in [0.25, 0.3) is 0 Å². The van der Waals surface area contributed by atoms with Gasteiger partial charge in [-0.15, -0.1) is 0 Å². The molecule has 2 N–H and O–H groups in total. The Morgan fingerprint density at radius 2 is 1.70 bits per heavy atom. The Hall–Kier alpha value is -0.260. The van der Waals surface area contributed by atoms with Gasteiger partial charge < -0.3 is 10.6 Å². The molecule has 0 aromatic carbocycles. The molecular formula is C15H27N3OS. The lowest BCUT2D eigenvalue weighted by Gasteiger charge is -2.40. The lowest BCUT2D eigenvalue weighted by atomic mass is 10.00. The van der Waals surface area contributed by atoms with Gasteiger partial charge in [0.1, 0.15) is 0 Å². The van der Waals surface area contributed by atoms with Crippen LogP contribution in [0, 0.1) is 5.92 Å². The van der Waals surface area contributed by atoms with Crippen LogP contribution >= 0.6 is 11.8 Å². The first-order chi connectivity index (χ1) is 9.74. The molecule has 4 nitrogen and oxygen atoms in total. The van der Waals surface area contributed by atoms with E-state index in [-0.39, 0.29) is 12.0 Å². The van der Waals surface area contributed by atoms with Crippen molar-refractivity contribution >= 4 is 17.7 Å². The largest absolute Gasteiger partial charge is 0.342 e. The molecule has 5 heteroatoms. The Balaban J connectivity index is 1.47.